The average Bonchev–Trinajstić information content (AvgIpc) is 1.63. The standard InChI is InChI=1S/C4H10FNO2Si/c1-2-8-4(7)6-3(5)9/h3H,2H2,1,9H3,(H,6,7). The number of ether oxygens (including phenoxy) is 1. The molecular formula is C4H10FNO2Si. The van der Waals surface area contributed by atoms with Crippen LogP contribution in [0.3, 0.4) is 0 Å². The lowest BCUT2D eigenvalue weighted by molar-refractivity contribution is 0.144. The SMILES string of the molecule is CCOC(=O)NC(F)[SiH3]. The van der Waals surface area contributed by atoms with Crippen LogP contribution in [0.4, 0.5) is 9.18 Å². The summed E-state index contributed by atoms with van der Waals surface area (Å²) in [5.41, 5.74) is 0. The average molecular weight is 151 g/mol. The van der Waals surface area contributed by atoms with Crippen LogP contribution in [0.1, 0.15) is 6.92 Å². The summed E-state index contributed by atoms with van der Waals surface area (Å²) in [6.45, 7) is 1.94. The summed E-state index contributed by atoms with van der Waals surface area (Å²) in [4.78, 5) is 10.3. The van der Waals surface area contributed by atoms with Crippen molar-refractivity contribution in [3.05, 3.63) is 0 Å². The summed E-state index contributed by atoms with van der Waals surface area (Å²) in [5.74, 6) is -1.20. The predicted octanol–water partition coefficient (Wildman–Crippen LogP) is -0.649. The highest BCUT2D eigenvalue weighted by atomic mass is 28.1. The second-order valence-electron chi connectivity index (χ2n) is 1.48. The number of halogens is 1. The zero-order valence-electron chi connectivity index (χ0n) is 5.48. The van der Waals surface area contributed by atoms with E-state index in [0.29, 0.717) is 10.2 Å². The van der Waals surface area contributed by atoms with Crippen molar-refractivity contribution in [1.82, 2.24) is 5.32 Å². The van der Waals surface area contributed by atoms with Gasteiger partial charge in [0.15, 0.2) is 0 Å². The van der Waals surface area contributed by atoms with Crippen LogP contribution < -0.4 is 5.32 Å². The zero-order chi connectivity index (χ0) is 7.28. The third-order valence-corrected chi connectivity index (χ3v) is 0.881. The Morgan fingerprint density at radius 3 is 2.89 bits per heavy atom. The van der Waals surface area contributed by atoms with Crippen LogP contribution in [0.2, 0.25) is 0 Å². The molecular weight excluding hydrogens is 141 g/mol. The predicted molar refractivity (Wildman–Crippen MR) is 35.0 cm³/mol. The number of amides is 1. The van der Waals surface area contributed by atoms with Gasteiger partial charge in [0.2, 0.25) is 0 Å². The highest BCUT2D eigenvalue weighted by molar-refractivity contribution is 6.11. The van der Waals surface area contributed by atoms with Gasteiger partial charge in [-0.25, -0.2) is 9.18 Å². The summed E-state index contributed by atoms with van der Waals surface area (Å²) < 4.78 is 16.3. The molecule has 0 saturated heterocycles. The Kier molecular flexibility index (Phi) is 4.03. The van der Waals surface area contributed by atoms with Crippen molar-refractivity contribution < 1.29 is 13.9 Å². The molecule has 1 unspecified atom stereocenters. The zero-order valence-corrected chi connectivity index (χ0v) is 7.48. The van der Waals surface area contributed by atoms with Crippen molar-refractivity contribution in [2.45, 2.75) is 12.8 Å². The van der Waals surface area contributed by atoms with Crippen LogP contribution in [0.5, 0.6) is 0 Å². The number of alkyl halides is 1. The summed E-state index contributed by atoms with van der Waals surface area (Å²) in [5, 5.41) is 1.98. The summed E-state index contributed by atoms with van der Waals surface area (Å²) in [6, 6.07) is 0. The minimum absolute atomic E-state index is 0.278. The lowest BCUT2D eigenvalue weighted by atomic mass is 10.9. The normalized spacial score (nSPS) is 12.7. The maximum Gasteiger partial charge on any atom is 0.409 e. The van der Waals surface area contributed by atoms with Crippen molar-refractivity contribution >= 4 is 16.3 Å². The number of alkyl carbamates (subject to hydrolysis) is 1. The molecule has 0 heterocycles. The number of hydrogen-bond donors (Lipinski definition) is 1. The van der Waals surface area contributed by atoms with E-state index in [1.54, 1.807) is 6.92 Å². The molecule has 0 aromatic heterocycles. The monoisotopic (exact) mass is 151 g/mol. The molecule has 5 heteroatoms. The number of carbonyl (C=O) groups is 1. The largest absolute Gasteiger partial charge is 0.450 e. The Labute approximate surface area is 56.0 Å². The van der Waals surface area contributed by atoms with Gasteiger partial charge in [-0.05, 0) is 6.92 Å². The van der Waals surface area contributed by atoms with Crippen LogP contribution in [0, 0.1) is 0 Å². The van der Waals surface area contributed by atoms with E-state index in [-0.39, 0.29) is 6.61 Å². The molecule has 3 nitrogen and oxygen atoms in total. The second-order valence-corrected chi connectivity index (χ2v) is 2.49. The number of nitrogens with one attached hydrogen (secondary N) is 1. The molecule has 0 aromatic rings. The van der Waals surface area contributed by atoms with E-state index in [1.807, 2.05) is 5.32 Å². The fourth-order valence-corrected chi connectivity index (χ4v) is 0.571. The molecule has 1 amide bonds. The molecule has 0 aliphatic carbocycles. The first kappa shape index (κ1) is 8.42. The van der Waals surface area contributed by atoms with E-state index in [1.165, 1.54) is 0 Å². The fraction of sp³-hybridized carbons (Fsp3) is 0.750. The topological polar surface area (TPSA) is 38.3 Å². The van der Waals surface area contributed by atoms with Crippen molar-refractivity contribution in [2.24, 2.45) is 0 Å². The van der Waals surface area contributed by atoms with Gasteiger partial charge in [-0.2, -0.15) is 0 Å². The highest BCUT2D eigenvalue weighted by Crippen LogP contribution is 1.79. The molecule has 0 aliphatic rings. The second kappa shape index (κ2) is 4.31. The molecule has 0 radical (unpaired) electrons. The van der Waals surface area contributed by atoms with Gasteiger partial charge in [0, 0.05) is 0 Å². The molecule has 0 saturated carbocycles. The number of hydrogen-bond acceptors (Lipinski definition) is 2. The van der Waals surface area contributed by atoms with Crippen LogP contribution in [0.25, 0.3) is 0 Å². The van der Waals surface area contributed by atoms with Crippen LogP contribution >= 0.6 is 0 Å². The van der Waals surface area contributed by atoms with Crippen LogP contribution in [-0.2, 0) is 4.74 Å². The van der Waals surface area contributed by atoms with E-state index >= 15 is 0 Å². The number of rotatable bonds is 2. The smallest absolute Gasteiger partial charge is 0.409 e. The van der Waals surface area contributed by atoms with Gasteiger partial charge in [0.25, 0.3) is 0 Å². The van der Waals surface area contributed by atoms with Gasteiger partial charge in [-0.1, -0.05) is 0 Å². The minimum atomic E-state index is -1.20. The van der Waals surface area contributed by atoms with E-state index in [2.05, 4.69) is 4.74 Å². The van der Waals surface area contributed by atoms with Crippen molar-refractivity contribution in [3.63, 3.8) is 0 Å². The third kappa shape index (κ3) is 5.29. The van der Waals surface area contributed by atoms with Crippen molar-refractivity contribution in [2.75, 3.05) is 6.61 Å². The van der Waals surface area contributed by atoms with Gasteiger partial charge in [-0.15, -0.1) is 0 Å². The molecule has 1 N–H and O–H groups in total. The highest BCUT2D eigenvalue weighted by Gasteiger charge is 2.02. The van der Waals surface area contributed by atoms with E-state index in [4.69, 9.17) is 0 Å². The quantitative estimate of drug-likeness (QED) is 0.421. The van der Waals surface area contributed by atoms with Gasteiger partial charge in [0.05, 0.1) is 16.8 Å². The Bertz CT molecular complexity index is 98.6. The van der Waals surface area contributed by atoms with Crippen LogP contribution in [0.15, 0.2) is 0 Å². The Morgan fingerprint density at radius 2 is 2.56 bits per heavy atom. The van der Waals surface area contributed by atoms with Gasteiger partial charge in [0.1, 0.15) is 5.92 Å². The van der Waals surface area contributed by atoms with Crippen molar-refractivity contribution in [1.29, 1.82) is 0 Å². The van der Waals surface area contributed by atoms with E-state index in [0.717, 1.165) is 0 Å². The Hall–Kier alpha value is -0.583. The lowest BCUT2D eigenvalue weighted by Gasteiger charge is -2.04. The molecule has 54 valence electrons. The third-order valence-electron chi connectivity index (χ3n) is 0.592. The molecule has 1 atom stereocenters. The molecule has 0 fully saturated rings. The molecule has 0 bridgehead atoms. The Balaban J connectivity index is 3.27. The maximum atomic E-state index is 11.9. The Morgan fingerprint density at radius 1 is 2.00 bits per heavy atom. The summed E-state index contributed by atoms with van der Waals surface area (Å²) in [6.07, 6.45) is -0.681. The molecule has 9 heavy (non-hydrogen) atoms. The van der Waals surface area contributed by atoms with Crippen LogP contribution in [-0.4, -0.2) is 28.9 Å². The first-order valence-corrected chi connectivity index (χ1v) is 3.89. The maximum absolute atomic E-state index is 11.9. The first-order valence-electron chi connectivity index (χ1n) is 2.74. The molecule has 0 spiro atoms. The molecule has 0 rings (SSSR count). The lowest BCUT2D eigenvalue weighted by Crippen LogP contribution is -2.32. The minimum Gasteiger partial charge on any atom is -0.450 e. The van der Waals surface area contributed by atoms with Gasteiger partial charge < -0.3 is 4.74 Å². The van der Waals surface area contributed by atoms with Crippen molar-refractivity contribution in [3.8, 4) is 0 Å². The van der Waals surface area contributed by atoms with E-state index in [9.17, 15) is 9.18 Å². The van der Waals surface area contributed by atoms with Gasteiger partial charge >= 0.3 is 6.09 Å². The summed E-state index contributed by atoms with van der Waals surface area (Å²) in [7, 11) is 0.295. The molecule has 0 aliphatic heterocycles. The first-order chi connectivity index (χ1) is 4.16. The fourth-order valence-electron chi connectivity index (χ4n) is 0.335. The van der Waals surface area contributed by atoms with Gasteiger partial charge in [-0.3, -0.25) is 5.32 Å². The number of carbonyl (C=O) groups excluding carboxylic acids is 1. The van der Waals surface area contributed by atoms with E-state index < -0.39 is 12.0 Å². The summed E-state index contributed by atoms with van der Waals surface area (Å²) >= 11 is 0. The molecule has 0 aromatic carbocycles.